The summed E-state index contributed by atoms with van der Waals surface area (Å²) in [6.45, 7) is 2.81. The molecule has 0 saturated carbocycles. The number of amides is 2. The molecule has 0 spiro atoms. The van der Waals surface area contributed by atoms with Gasteiger partial charge in [0.05, 0.1) is 19.3 Å². The van der Waals surface area contributed by atoms with Crippen molar-refractivity contribution in [3.63, 3.8) is 0 Å². The maximum absolute atomic E-state index is 13.7. The number of piperazine rings is 1. The first-order valence-corrected chi connectivity index (χ1v) is 10.4. The van der Waals surface area contributed by atoms with Crippen molar-refractivity contribution < 1.29 is 18.7 Å². The van der Waals surface area contributed by atoms with Gasteiger partial charge >= 0.3 is 0 Å². The average Bonchev–Trinajstić information content (AvgIpc) is 3.15. The van der Waals surface area contributed by atoms with E-state index in [0.717, 1.165) is 33.5 Å². The number of aromatic nitrogens is 1. The van der Waals surface area contributed by atoms with E-state index in [0.29, 0.717) is 25.9 Å². The number of nitrogens with one attached hydrogen (secondary N) is 1. The number of rotatable bonds is 4. The molecule has 7 heteroatoms. The van der Waals surface area contributed by atoms with Crippen LogP contribution in [0.3, 0.4) is 0 Å². The van der Waals surface area contributed by atoms with Crippen LogP contribution < -0.4 is 4.74 Å². The SMILES string of the molecule is COc1ccc2[nH]c3c(c2c1)CCN1C(=O)CN(CCc2ccc(F)cc2)C(=O)[C@@]31C. The van der Waals surface area contributed by atoms with Crippen LogP contribution in [0.2, 0.25) is 0 Å². The van der Waals surface area contributed by atoms with E-state index in [1.807, 2.05) is 25.1 Å². The normalized spacial score (nSPS) is 20.7. The molecule has 5 rings (SSSR count). The smallest absolute Gasteiger partial charge is 0.254 e. The summed E-state index contributed by atoms with van der Waals surface area (Å²) in [4.78, 5) is 33.5. The number of ether oxygens (including phenoxy) is 1. The fourth-order valence-electron chi connectivity index (χ4n) is 4.93. The van der Waals surface area contributed by atoms with Crippen LogP contribution in [0, 0.1) is 5.82 Å². The van der Waals surface area contributed by atoms with Crippen molar-refractivity contribution in [2.75, 3.05) is 26.7 Å². The summed E-state index contributed by atoms with van der Waals surface area (Å²) in [6.07, 6.45) is 1.25. The van der Waals surface area contributed by atoms with Crippen LogP contribution in [0.1, 0.15) is 23.7 Å². The molecule has 0 unspecified atom stereocenters. The summed E-state index contributed by atoms with van der Waals surface area (Å²) in [6, 6.07) is 12.0. The largest absolute Gasteiger partial charge is 0.497 e. The van der Waals surface area contributed by atoms with E-state index in [4.69, 9.17) is 4.74 Å². The number of methoxy groups -OCH3 is 1. The lowest BCUT2D eigenvalue weighted by Crippen LogP contribution is -2.67. The Morgan fingerprint density at radius 3 is 2.68 bits per heavy atom. The third-order valence-electron chi connectivity index (χ3n) is 6.64. The van der Waals surface area contributed by atoms with Crippen molar-refractivity contribution in [1.82, 2.24) is 14.8 Å². The second kappa shape index (κ2) is 7.11. The second-order valence-electron chi connectivity index (χ2n) is 8.36. The number of fused-ring (bicyclic) bond motifs is 5. The monoisotopic (exact) mass is 421 g/mol. The molecule has 2 amide bonds. The Kier molecular flexibility index (Phi) is 4.50. The number of carbonyl (C=O) groups is 2. The van der Waals surface area contributed by atoms with Gasteiger partial charge in [-0.2, -0.15) is 0 Å². The molecular formula is C24H24FN3O3. The molecule has 3 heterocycles. The van der Waals surface area contributed by atoms with Crippen molar-refractivity contribution in [3.05, 3.63) is 65.1 Å². The predicted molar refractivity (Wildman–Crippen MR) is 114 cm³/mol. The molecule has 1 aromatic heterocycles. The van der Waals surface area contributed by atoms with E-state index in [1.54, 1.807) is 29.0 Å². The molecule has 2 aliphatic heterocycles. The predicted octanol–water partition coefficient (Wildman–Crippen LogP) is 3.00. The highest BCUT2D eigenvalue weighted by atomic mass is 19.1. The summed E-state index contributed by atoms with van der Waals surface area (Å²) >= 11 is 0. The average molecular weight is 421 g/mol. The van der Waals surface area contributed by atoms with Gasteiger partial charge in [0.25, 0.3) is 5.91 Å². The first-order valence-electron chi connectivity index (χ1n) is 10.4. The first-order chi connectivity index (χ1) is 14.9. The Balaban J connectivity index is 1.50. The Bertz CT molecular complexity index is 1190. The number of halogens is 1. The zero-order chi connectivity index (χ0) is 21.8. The third kappa shape index (κ3) is 2.99. The summed E-state index contributed by atoms with van der Waals surface area (Å²) < 4.78 is 18.6. The molecular weight excluding hydrogens is 397 g/mol. The minimum absolute atomic E-state index is 0.0527. The molecule has 1 N–H and O–H groups in total. The number of aromatic amines is 1. The number of hydrogen-bond acceptors (Lipinski definition) is 3. The van der Waals surface area contributed by atoms with Gasteiger partial charge in [0.2, 0.25) is 5.91 Å². The van der Waals surface area contributed by atoms with Gasteiger partial charge in [0.1, 0.15) is 11.6 Å². The quantitative estimate of drug-likeness (QED) is 0.704. The highest BCUT2D eigenvalue weighted by Crippen LogP contribution is 2.42. The molecule has 2 aliphatic rings. The Labute approximate surface area is 179 Å². The molecule has 0 bridgehead atoms. The van der Waals surface area contributed by atoms with Gasteiger partial charge in [-0.15, -0.1) is 0 Å². The molecule has 31 heavy (non-hydrogen) atoms. The Hall–Kier alpha value is -3.35. The number of H-pyrrole nitrogens is 1. The van der Waals surface area contributed by atoms with Gasteiger partial charge in [0.15, 0.2) is 5.54 Å². The lowest BCUT2D eigenvalue weighted by Gasteiger charge is -2.49. The fraction of sp³-hybridized carbons (Fsp3) is 0.333. The maximum atomic E-state index is 13.7. The van der Waals surface area contributed by atoms with Crippen LogP contribution in [0.25, 0.3) is 10.9 Å². The molecule has 1 fully saturated rings. The van der Waals surface area contributed by atoms with E-state index >= 15 is 0 Å². The van der Waals surface area contributed by atoms with Crippen LogP contribution >= 0.6 is 0 Å². The topological polar surface area (TPSA) is 65.6 Å². The molecule has 3 aromatic rings. The minimum atomic E-state index is -1.07. The Morgan fingerprint density at radius 2 is 1.94 bits per heavy atom. The van der Waals surface area contributed by atoms with Crippen LogP contribution in [-0.4, -0.2) is 53.3 Å². The van der Waals surface area contributed by atoms with Gasteiger partial charge in [0, 0.05) is 24.0 Å². The summed E-state index contributed by atoms with van der Waals surface area (Å²) in [5, 5.41) is 1.03. The van der Waals surface area contributed by atoms with Crippen LogP contribution in [0.4, 0.5) is 4.39 Å². The molecule has 1 saturated heterocycles. The van der Waals surface area contributed by atoms with Gasteiger partial charge in [-0.05, 0) is 61.2 Å². The van der Waals surface area contributed by atoms with Crippen molar-refractivity contribution in [3.8, 4) is 5.75 Å². The van der Waals surface area contributed by atoms with E-state index in [-0.39, 0.29) is 24.2 Å². The van der Waals surface area contributed by atoms with Gasteiger partial charge < -0.3 is 19.5 Å². The lowest BCUT2D eigenvalue weighted by molar-refractivity contribution is -0.165. The van der Waals surface area contributed by atoms with E-state index < -0.39 is 5.54 Å². The van der Waals surface area contributed by atoms with E-state index in [2.05, 4.69) is 4.98 Å². The number of carbonyl (C=O) groups excluding carboxylic acids is 2. The van der Waals surface area contributed by atoms with Crippen LogP contribution in [-0.2, 0) is 28.0 Å². The number of hydrogen-bond donors (Lipinski definition) is 1. The summed E-state index contributed by atoms with van der Waals surface area (Å²) in [5.74, 6) is 0.326. The van der Waals surface area contributed by atoms with E-state index in [9.17, 15) is 14.0 Å². The van der Waals surface area contributed by atoms with Crippen molar-refractivity contribution in [2.24, 2.45) is 0 Å². The zero-order valence-electron chi connectivity index (χ0n) is 17.6. The van der Waals surface area contributed by atoms with Crippen molar-refractivity contribution in [2.45, 2.75) is 25.3 Å². The second-order valence-corrected chi connectivity index (χ2v) is 8.36. The van der Waals surface area contributed by atoms with Gasteiger partial charge in [-0.1, -0.05) is 12.1 Å². The maximum Gasteiger partial charge on any atom is 0.254 e. The molecule has 0 radical (unpaired) electrons. The minimum Gasteiger partial charge on any atom is -0.497 e. The number of benzene rings is 2. The number of nitrogens with zero attached hydrogens (tertiary/aromatic N) is 2. The summed E-state index contributed by atoms with van der Waals surface area (Å²) in [5.41, 5.74) is 2.63. The zero-order valence-corrected chi connectivity index (χ0v) is 17.6. The molecule has 2 aromatic carbocycles. The third-order valence-corrected chi connectivity index (χ3v) is 6.64. The lowest BCUT2D eigenvalue weighted by atomic mass is 9.83. The molecule has 6 nitrogen and oxygen atoms in total. The standard InChI is InChI=1S/C24H24FN3O3/c1-24-22-18(19-13-17(31-2)7-8-20(19)26-22)10-12-28(24)21(29)14-27(23(24)30)11-9-15-3-5-16(25)6-4-15/h3-8,13,26H,9-12,14H2,1-2H3/t24-/m1/s1. The molecule has 1 atom stereocenters. The fourth-order valence-corrected chi connectivity index (χ4v) is 4.93. The summed E-state index contributed by atoms with van der Waals surface area (Å²) in [7, 11) is 1.63. The van der Waals surface area contributed by atoms with Crippen molar-refractivity contribution in [1.29, 1.82) is 0 Å². The van der Waals surface area contributed by atoms with E-state index in [1.165, 1.54) is 12.1 Å². The first kappa shape index (κ1) is 19.6. The highest BCUT2D eigenvalue weighted by molar-refractivity contribution is 6.00. The van der Waals surface area contributed by atoms with Crippen LogP contribution in [0.5, 0.6) is 5.75 Å². The highest BCUT2D eigenvalue weighted by Gasteiger charge is 2.53. The Morgan fingerprint density at radius 1 is 1.16 bits per heavy atom. The molecule has 160 valence electrons. The van der Waals surface area contributed by atoms with Crippen LogP contribution in [0.15, 0.2) is 42.5 Å². The van der Waals surface area contributed by atoms with Gasteiger partial charge in [-0.3, -0.25) is 9.59 Å². The molecule has 0 aliphatic carbocycles. The van der Waals surface area contributed by atoms with Crippen molar-refractivity contribution >= 4 is 22.7 Å². The van der Waals surface area contributed by atoms with Gasteiger partial charge in [-0.25, -0.2) is 4.39 Å².